The maximum atomic E-state index is 10.1. The second kappa shape index (κ2) is 8.22. The molecule has 0 aliphatic rings. The van der Waals surface area contributed by atoms with E-state index in [1.165, 1.54) is 11.3 Å². The lowest BCUT2D eigenvalue weighted by Gasteiger charge is -2.14. The van der Waals surface area contributed by atoms with Gasteiger partial charge in [-0.15, -0.1) is 11.3 Å². The zero-order valence-electron chi connectivity index (χ0n) is 12.7. The van der Waals surface area contributed by atoms with Crippen LogP contribution in [0.1, 0.15) is 23.5 Å². The fourth-order valence-electron chi connectivity index (χ4n) is 1.97. The fraction of sp³-hybridized carbons (Fsp3) is 0.400. The summed E-state index contributed by atoms with van der Waals surface area (Å²) >= 11 is 7.27. The Bertz CT molecular complexity index is 623. The summed E-state index contributed by atoms with van der Waals surface area (Å²) < 4.78 is 2.67. The van der Waals surface area contributed by atoms with Gasteiger partial charge >= 0.3 is 0 Å². The predicted molar refractivity (Wildman–Crippen MR) is 92.5 cm³/mol. The first-order valence-corrected chi connectivity index (χ1v) is 8.34. The summed E-state index contributed by atoms with van der Waals surface area (Å²) in [5.41, 5.74) is 1.14. The first-order valence-electron chi connectivity index (χ1n) is 7.14. The minimum Gasteiger partial charge on any atom is -0.386 e. The average Bonchev–Trinajstić information content (AvgIpc) is 3.10. The van der Waals surface area contributed by atoms with Crippen molar-refractivity contribution in [1.29, 1.82) is 0 Å². The van der Waals surface area contributed by atoms with E-state index in [9.17, 15) is 5.11 Å². The SMILES string of the molecule is CCNC(=NCc1ccn(C)c1)NCC(O)c1ccc(Cl)s1. The highest BCUT2D eigenvalue weighted by Gasteiger charge is 2.10. The molecule has 0 amide bonds. The lowest BCUT2D eigenvalue weighted by Crippen LogP contribution is -2.39. The van der Waals surface area contributed by atoms with E-state index in [0.29, 0.717) is 23.4 Å². The van der Waals surface area contributed by atoms with Gasteiger partial charge in [0.1, 0.15) is 6.10 Å². The predicted octanol–water partition coefficient (Wildman–Crippen LogP) is 2.53. The number of hydrogen-bond acceptors (Lipinski definition) is 3. The molecule has 1 atom stereocenters. The number of nitrogens with one attached hydrogen (secondary N) is 2. The Morgan fingerprint density at radius 1 is 1.41 bits per heavy atom. The van der Waals surface area contributed by atoms with Gasteiger partial charge in [0.05, 0.1) is 10.9 Å². The topological polar surface area (TPSA) is 61.6 Å². The highest BCUT2D eigenvalue weighted by atomic mass is 35.5. The number of thiophene rings is 1. The molecule has 0 spiro atoms. The van der Waals surface area contributed by atoms with E-state index < -0.39 is 6.10 Å². The molecule has 2 heterocycles. The van der Waals surface area contributed by atoms with E-state index in [-0.39, 0.29) is 0 Å². The molecule has 0 aliphatic carbocycles. The Balaban J connectivity index is 1.90. The van der Waals surface area contributed by atoms with Gasteiger partial charge in [0, 0.05) is 37.4 Å². The third-order valence-electron chi connectivity index (χ3n) is 3.04. The molecule has 2 aromatic heterocycles. The Kier molecular flexibility index (Phi) is 6.30. The number of hydrogen-bond donors (Lipinski definition) is 3. The first-order chi connectivity index (χ1) is 10.6. The quantitative estimate of drug-likeness (QED) is 0.559. The van der Waals surface area contributed by atoms with Gasteiger partial charge in [0.2, 0.25) is 0 Å². The third-order valence-corrected chi connectivity index (χ3v) is 4.37. The van der Waals surface area contributed by atoms with Crippen LogP contribution in [0.25, 0.3) is 0 Å². The average molecular weight is 341 g/mol. The third kappa shape index (κ3) is 5.05. The van der Waals surface area contributed by atoms with Crippen molar-refractivity contribution in [3.05, 3.63) is 45.4 Å². The normalized spacial score (nSPS) is 13.2. The molecule has 2 aromatic rings. The summed E-state index contributed by atoms with van der Waals surface area (Å²) in [6.07, 6.45) is 3.43. The molecule has 0 saturated carbocycles. The number of guanidine groups is 1. The van der Waals surface area contributed by atoms with Gasteiger partial charge in [0.15, 0.2) is 5.96 Å². The lowest BCUT2D eigenvalue weighted by molar-refractivity contribution is 0.184. The first kappa shape index (κ1) is 16.9. The zero-order chi connectivity index (χ0) is 15.9. The van der Waals surface area contributed by atoms with Gasteiger partial charge in [0.25, 0.3) is 0 Å². The Labute approximate surface area is 139 Å². The molecule has 22 heavy (non-hydrogen) atoms. The van der Waals surface area contributed by atoms with Crippen LogP contribution in [0.5, 0.6) is 0 Å². The molecule has 0 radical (unpaired) electrons. The van der Waals surface area contributed by atoms with Crippen molar-refractivity contribution in [2.45, 2.75) is 19.6 Å². The maximum Gasteiger partial charge on any atom is 0.191 e. The summed E-state index contributed by atoms with van der Waals surface area (Å²) in [4.78, 5) is 5.36. The molecule has 0 fully saturated rings. The molecule has 2 rings (SSSR count). The minimum absolute atomic E-state index is 0.386. The largest absolute Gasteiger partial charge is 0.386 e. The monoisotopic (exact) mass is 340 g/mol. The smallest absolute Gasteiger partial charge is 0.191 e. The van der Waals surface area contributed by atoms with Crippen molar-refractivity contribution < 1.29 is 5.11 Å². The number of aromatic nitrogens is 1. The highest BCUT2D eigenvalue weighted by Crippen LogP contribution is 2.26. The van der Waals surface area contributed by atoms with Crippen LogP contribution in [0.15, 0.2) is 35.6 Å². The number of aryl methyl sites for hydroxylation is 1. The van der Waals surface area contributed by atoms with E-state index in [0.717, 1.165) is 17.0 Å². The van der Waals surface area contributed by atoms with Crippen molar-refractivity contribution in [2.75, 3.05) is 13.1 Å². The molecule has 0 aliphatic heterocycles. The van der Waals surface area contributed by atoms with E-state index in [1.807, 2.05) is 43.1 Å². The standard InChI is InChI=1S/C15H21ClN4OS/c1-3-17-15(18-8-11-6-7-20(2)10-11)19-9-12(21)13-4-5-14(16)22-13/h4-7,10,12,21H,3,8-9H2,1-2H3,(H2,17,18,19). The van der Waals surface area contributed by atoms with Gasteiger partial charge in [-0.25, -0.2) is 4.99 Å². The number of aliphatic hydroxyl groups excluding tert-OH is 1. The number of rotatable bonds is 6. The summed E-state index contributed by atoms with van der Waals surface area (Å²) in [6, 6.07) is 5.67. The van der Waals surface area contributed by atoms with Crippen LogP contribution in [0.4, 0.5) is 0 Å². The molecular formula is C15H21ClN4OS. The summed E-state index contributed by atoms with van der Waals surface area (Å²) in [5.74, 6) is 0.688. The lowest BCUT2D eigenvalue weighted by atomic mass is 10.3. The summed E-state index contributed by atoms with van der Waals surface area (Å²) in [5, 5.41) is 16.5. The maximum absolute atomic E-state index is 10.1. The van der Waals surface area contributed by atoms with Crippen LogP contribution in [0, 0.1) is 0 Å². The van der Waals surface area contributed by atoms with Crippen LogP contribution >= 0.6 is 22.9 Å². The zero-order valence-corrected chi connectivity index (χ0v) is 14.3. The van der Waals surface area contributed by atoms with Crippen molar-refractivity contribution in [2.24, 2.45) is 12.0 Å². The highest BCUT2D eigenvalue weighted by molar-refractivity contribution is 7.16. The van der Waals surface area contributed by atoms with Crippen LogP contribution < -0.4 is 10.6 Å². The van der Waals surface area contributed by atoms with E-state index in [4.69, 9.17) is 11.6 Å². The molecule has 1 unspecified atom stereocenters. The molecule has 0 aromatic carbocycles. The van der Waals surface area contributed by atoms with E-state index >= 15 is 0 Å². The second-order valence-electron chi connectivity index (χ2n) is 4.92. The molecule has 120 valence electrons. The van der Waals surface area contributed by atoms with Gasteiger partial charge in [-0.05, 0) is 30.7 Å². The molecule has 0 saturated heterocycles. The van der Waals surface area contributed by atoms with Crippen molar-refractivity contribution in [3.8, 4) is 0 Å². The molecule has 3 N–H and O–H groups in total. The van der Waals surface area contributed by atoms with Crippen LogP contribution in [-0.4, -0.2) is 28.7 Å². The van der Waals surface area contributed by atoms with Gasteiger partial charge in [-0.2, -0.15) is 0 Å². The number of aliphatic hydroxyl groups is 1. The summed E-state index contributed by atoms with van der Waals surface area (Å²) in [6.45, 7) is 3.76. The van der Waals surface area contributed by atoms with Gasteiger partial charge in [-0.1, -0.05) is 11.6 Å². The Morgan fingerprint density at radius 3 is 2.82 bits per heavy atom. The van der Waals surface area contributed by atoms with Crippen LogP contribution in [-0.2, 0) is 13.6 Å². The second-order valence-corrected chi connectivity index (χ2v) is 6.67. The Morgan fingerprint density at radius 2 is 2.23 bits per heavy atom. The van der Waals surface area contributed by atoms with Crippen LogP contribution in [0.2, 0.25) is 4.34 Å². The van der Waals surface area contributed by atoms with E-state index in [2.05, 4.69) is 15.6 Å². The van der Waals surface area contributed by atoms with Crippen molar-refractivity contribution in [1.82, 2.24) is 15.2 Å². The summed E-state index contributed by atoms with van der Waals surface area (Å²) in [7, 11) is 1.99. The number of halogens is 1. The molecule has 5 nitrogen and oxygen atoms in total. The van der Waals surface area contributed by atoms with Gasteiger partial charge < -0.3 is 20.3 Å². The Hall–Kier alpha value is -1.50. The molecule has 0 bridgehead atoms. The molecule has 7 heteroatoms. The van der Waals surface area contributed by atoms with Crippen molar-refractivity contribution >= 4 is 28.9 Å². The van der Waals surface area contributed by atoms with Crippen molar-refractivity contribution in [3.63, 3.8) is 0 Å². The fourth-order valence-corrected chi connectivity index (χ4v) is 3.01. The number of nitrogens with zero attached hydrogens (tertiary/aromatic N) is 2. The van der Waals surface area contributed by atoms with E-state index in [1.54, 1.807) is 6.07 Å². The molecular weight excluding hydrogens is 320 g/mol. The van der Waals surface area contributed by atoms with Crippen LogP contribution in [0.3, 0.4) is 0 Å². The minimum atomic E-state index is -0.599. The number of aliphatic imine (C=N–C) groups is 1. The van der Waals surface area contributed by atoms with Gasteiger partial charge in [-0.3, -0.25) is 0 Å².